The number of hydrogen-bond acceptors (Lipinski definition) is 7. The van der Waals surface area contributed by atoms with Crippen LogP contribution >= 0.6 is 0 Å². The zero-order chi connectivity index (χ0) is 29.1. The summed E-state index contributed by atoms with van der Waals surface area (Å²) in [5.41, 5.74) is 3.25. The summed E-state index contributed by atoms with van der Waals surface area (Å²) in [5, 5.41) is 5.66. The van der Waals surface area contributed by atoms with Crippen molar-refractivity contribution in [3.8, 4) is 23.0 Å². The number of rotatable bonds is 14. The summed E-state index contributed by atoms with van der Waals surface area (Å²) in [6.45, 7) is 7.31. The molecule has 3 rings (SSSR count). The molecule has 2 amide bonds. The molecule has 3 aromatic rings. The number of benzene rings is 3. The maximum Gasteiger partial charge on any atom is 0.238 e. The molecule has 0 unspecified atom stereocenters. The molecule has 0 atom stereocenters. The molecule has 0 spiro atoms. The topological polar surface area (TPSA) is 98.4 Å². The van der Waals surface area contributed by atoms with E-state index in [2.05, 4.69) is 24.5 Å². The fraction of sp³-hybridized carbons (Fsp3) is 0.355. The first-order valence-corrected chi connectivity index (χ1v) is 13.1. The van der Waals surface area contributed by atoms with Gasteiger partial charge in [0.05, 0.1) is 34.5 Å². The average molecular weight is 550 g/mol. The Hall–Kier alpha value is -4.24. The van der Waals surface area contributed by atoms with Gasteiger partial charge in [0, 0.05) is 31.4 Å². The average Bonchev–Trinajstić information content (AvgIpc) is 2.92. The highest BCUT2D eigenvalue weighted by Gasteiger charge is 2.16. The third kappa shape index (κ3) is 9.20. The summed E-state index contributed by atoms with van der Waals surface area (Å²) in [6, 6.07) is 18.5. The zero-order valence-corrected chi connectivity index (χ0v) is 24.1. The summed E-state index contributed by atoms with van der Waals surface area (Å²) in [6.07, 6.45) is 0. The number of amides is 2. The predicted molar refractivity (Wildman–Crippen MR) is 156 cm³/mol. The van der Waals surface area contributed by atoms with Crippen LogP contribution in [0.3, 0.4) is 0 Å². The number of anilines is 2. The molecule has 0 aromatic heterocycles. The number of nitrogens with zero attached hydrogens (tertiary/aromatic N) is 1. The van der Waals surface area contributed by atoms with Crippen molar-refractivity contribution in [2.24, 2.45) is 5.92 Å². The number of nitrogens with one attached hydrogen (secondary N) is 2. The van der Waals surface area contributed by atoms with Gasteiger partial charge in [-0.2, -0.15) is 0 Å². The molecule has 2 N–H and O–H groups in total. The van der Waals surface area contributed by atoms with Gasteiger partial charge in [0.25, 0.3) is 0 Å². The lowest BCUT2D eigenvalue weighted by Crippen LogP contribution is -2.32. The van der Waals surface area contributed by atoms with Crippen LogP contribution in [-0.4, -0.2) is 51.2 Å². The van der Waals surface area contributed by atoms with E-state index in [1.165, 1.54) is 6.92 Å². The lowest BCUT2D eigenvalue weighted by atomic mass is 10.1. The van der Waals surface area contributed by atoms with Crippen LogP contribution in [0.25, 0.3) is 0 Å². The first-order chi connectivity index (χ1) is 19.2. The normalized spacial score (nSPS) is 10.8. The van der Waals surface area contributed by atoms with E-state index in [-0.39, 0.29) is 18.4 Å². The SMILES string of the molecule is COc1ccc(CN(CC(=O)Nc2ccc(NC(C)=O)cc2)Cc2ccc(OC)c(OCC(C)C)c2)cc1OC. The molecule has 0 fully saturated rings. The maximum atomic E-state index is 13.1. The minimum absolute atomic E-state index is 0.135. The number of hydrogen-bond donors (Lipinski definition) is 2. The highest BCUT2D eigenvalue weighted by Crippen LogP contribution is 2.31. The Morgan fingerprint density at radius 1 is 0.725 bits per heavy atom. The van der Waals surface area contributed by atoms with Gasteiger partial charge >= 0.3 is 0 Å². The monoisotopic (exact) mass is 549 g/mol. The number of carbonyl (C=O) groups is 2. The third-order valence-corrected chi connectivity index (χ3v) is 5.92. The molecule has 0 bridgehead atoms. The van der Waals surface area contributed by atoms with E-state index in [4.69, 9.17) is 18.9 Å². The Morgan fingerprint density at radius 2 is 1.23 bits per heavy atom. The lowest BCUT2D eigenvalue weighted by Gasteiger charge is -2.23. The lowest BCUT2D eigenvalue weighted by molar-refractivity contribution is -0.117. The Bertz CT molecular complexity index is 1280. The van der Waals surface area contributed by atoms with Crippen molar-refractivity contribution in [2.75, 3.05) is 45.1 Å². The summed E-state index contributed by atoms with van der Waals surface area (Å²) >= 11 is 0. The van der Waals surface area contributed by atoms with Crippen molar-refractivity contribution in [1.82, 2.24) is 4.90 Å². The van der Waals surface area contributed by atoms with Crippen LogP contribution < -0.4 is 29.6 Å². The maximum absolute atomic E-state index is 13.1. The van der Waals surface area contributed by atoms with Gasteiger partial charge in [-0.15, -0.1) is 0 Å². The minimum atomic E-state index is -0.169. The van der Waals surface area contributed by atoms with E-state index in [0.717, 1.165) is 11.1 Å². The van der Waals surface area contributed by atoms with Crippen molar-refractivity contribution in [3.63, 3.8) is 0 Å². The van der Waals surface area contributed by atoms with Crippen molar-refractivity contribution in [3.05, 3.63) is 71.8 Å². The second-order valence-electron chi connectivity index (χ2n) is 9.83. The fourth-order valence-electron chi connectivity index (χ4n) is 4.10. The van der Waals surface area contributed by atoms with Crippen molar-refractivity contribution >= 4 is 23.2 Å². The smallest absolute Gasteiger partial charge is 0.238 e. The van der Waals surface area contributed by atoms with Gasteiger partial charge in [0.15, 0.2) is 23.0 Å². The molecule has 9 nitrogen and oxygen atoms in total. The van der Waals surface area contributed by atoms with E-state index >= 15 is 0 Å². The van der Waals surface area contributed by atoms with Crippen molar-refractivity contribution in [1.29, 1.82) is 0 Å². The quantitative estimate of drug-likeness (QED) is 0.280. The molecule has 9 heteroatoms. The predicted octanol–water partition coefficient (Wildman–Crippen LogP) is 5.35. The van der Waals surface area contributed by atoms with Crippen LogP contribution in [0.4, 0.5) is 11.4 Å². The van der Waals surface area contributed by atoms with Crippen LogP contribution in [-0.2, 0) is 22.7 Å². The fourth-order valence-corrected chi connectivity index (χ4v) is 4.10. The molecule has 214 valence electrons. The van der Waals surface area contributed by atoms with Crippen molar-refractivity contribution < 1.29 is 28.5 Å². The molecule has 0 saturated heterocycles. The van der Waals surface area contributed by atoms with Crippen LogP contribution in [0.2, 0.25) is 0 Å². The third-order valence-electron chi connectivity index (χ3n) is 5.92. The van der Waals surface area contributed by atoms with Crippen LogP contribution in [0.15, 0.2) is 60.7 Å². The van der Waals surface area contributed by atoms with Crippen molar-refractivity contribution in [2.45, 2.75) is 33.9 Å². The molecule has 0 saturated carbocycles. The minimum Gasteiger partial charge on any atom is -0.493 e. The van der Waals surface area contributed by atoms with Gasteiger partial charge in [0.1, 0.15) is 0 Å². The Balaban J connectivity index is 1.81. The van der Waals surface area contributed by atoms with Gasteiger partial charge in [-0.25, -0.2) is 0 Å². The summed E-state index contributed by atoms with van der Waals surface area (Å²) < 4.78 is 22.3. The number of carbonyl (C=O) groups excluding carboxylic acids is 2. The van der Waals surface area contributed by atoms with Gasteiger partial charge in [-0.3, -0.25) is 14.5 Å². The second kappa shape index (κ2) is 14.8. The number of methoxy groups -OCH3 is 3. The standard InChI is InChI=1S/C31H39N3O6/c1-21(2)20-40-30-16-24(8-14-28(30)38-5)18-34(17-23-7-13-27(37-4)29(15-23)39-6)19-31(36)33-26-11-9-25(10-12-26)32-22(3)35/h7-16,21H,17-20H2,1-6H3,(H,32,35)(H,33,36). The second-order valence-corrected chi connectivity index (χ2v) is 9.83. The van der Waals surface area contributed by atoms with E-state index < -0.39 is 0 Å². The summed E-state index contributed by atoms with van der Waals surface area (Å²) in [5.74, 6) is 2.64. The van der Waals surface area contributed by atoms with E-state index in [1.807, 2.05) is 41.3 Å². The van der Waals surface area contributed by atoms with Crippen LogP contribution in [0.1, 0.15) is 31.9 Å². The first-order valence-electron chi connectivity index (χ1n) is 13.1. The van der Waals surface area contributed by atoms with Gasteiger partial charge in [-0.1, -0.05) is 26.0 Å². The molecule has 0 aliphatic rings. The summed E-state index contributed by atoms with van der Waals surface area (Å²) in [4.78, 5) is 26.4. The number of ether oxygens (including phenoxy) is 4. The van der Waals surface area contributed by atoms with E-state index in [9.17, 15) is 9.59 Å². The Morgan fingerprint density at radius 3 is 1.73 bits per heavy atom. The van der Waals surface area contributed by atoms with E-state index in [1.54, 1.807) is 45.6 Å². The molecular weight excluding hydrogens is 510 g/mol. The zero-order valence-electron chi connectivity index (χ0n) is 24.1. The van der Waals surface area contributed by atoms with E-state index in [0.29, 0.717) is 60.0 Å². The molecular formula is C31H39N3O6. The molecule has 3 aromatic carbocycles. The molecule has 0 heterocycles. The Kier molecular flexibility index (Phi) is 11.2. The highest BCUT2D eigenvalue weighted by atomic mass is 16.5. The molecule has 40 heavy (non-hydrogen) atoms. The highest BCUT2D eigenvalue weighted by molar-refractivity contribution is 5.93. The van der Waals surface area contributed by atoms with Gasteiger partial charge in [-0.05, 0) is 65.6 Å². The first kappa shape index (κ1) is 30.3. The van der Waals surface area contributed by atoms with Gasteiger partial charge < -0.3 is 29.6 Å². The molecule has 0 aliphatic heterocycles. The largest absolute Gasteiger partial charge is 0.493 e. The Labute approximate surface area is 236 Å². The van der Waals surface area contributed by atoms with Gasteiger partial charge in [0.2, 0.25) is 11.8 Å². The summed E-state index contributed by atoms with van der Waals surface area (Å²) in [7, 11) is 4.81. The molecule has 0 aliphatic carbocycles. The van der Waals surface area contributed by atoms with Crippen LogP contribution in [0, 0.1) is 5.92 Å². The molecule has 0 radical (unpaired) electrons. The van der Waals surface area contributed by atoms with Crippen LogP contribution in [0.5, 0.6) is 23.0 Å².